The van der Waals surface area contributed by atoms with Crippen molar-refractivity contribution in [2.45, 2.75) is 39.3 Å². The molecule has 1 aromatic heterocycles. The van der Waals surface area contributed by atoms with Crippen molar-refractivity contribution in [2.75, 3.05) is 25.9 Å². The minimum atomic E-state index is -0.478. The van der Waals surface area contributed by atoms with Gasteiger partial charge in [-0.25, -0.2) is 9.78 Å². The van der Waals surface area contributed by atoms with Crippen LogP contribution in [0.2, 0.25) is 0 Å². The zero-order chi connectivity index (χ0) is 14.0. The van der Waals surface area contributed by atoms with E-state index in [4.69, 9.17) is 5.73 Å². The number of imidazole rings is 1. The maximum atomic E-state index is 11.5. The van der Waals surface area contributed by atoms with Crippen LogP contribution in [0.3, 0.4) is 0 Å². The number of nitrogens with zero attached hydrogens (tertiary/aromatic N) is 3. The standard InChI is InChI=1S/C13H22N4O2/c1-4-16(10-5-6-10)7-8-17-9(2)15-11(12(17)14)13(18)19-3/h10H,4-8,14H2,1-3H3. The van der Waals surface area contributed by atoms with Crippen LogP contribution < -0.4 is 5.73 Å². The molecule has 0 aliphatic heterocycles. The largest absolute Gasteiger partial charge is 0.464 e. The van der Waals surface area contributed by atoms with Crippen molar-refractivity contribution in [1.29, 1.82) is 0 Å². The first-order valence-electron chi connectivity index (χ1n) is 6.73. The smallest absolute Gasteiger partial charge is 0.360 e. The van der Waals surface area contributed by atoms with Gasteiger partial charge in [0.15, 0.2) is 5.69 Å². The molecule has 1 aliphatic carbocycles. The summed E-state index contributed by atoms with van der Waals surface area (Å²) >= 11 is 0. The second-order valence-corrected chi connectivity index (χ2v) is 4.90. The SMILES string of the molecule is CCN(CCn1c(C)nc(C(=O)OC)c1N)C1CC1. The first-order chi connectivity index (χ1) is 9.08. The Morgan fingerprint density at radius 1 is 1.58 bits per heavy atom. The molecule has 2 rings (SSSR count). The first-order valence-corrected chi connectivity index (χ1v) is 6.73. The number of ether oxygens (including phenoxy) is 1. The van der Waals surface area contributed by atoms with Gasteiger partial charge in [-0.1, -0.05) is 6.92 Å². The lowest BCUT2D eigenvalue weighted by Gasteiger charge is -2.20. The number of nitrogen functional groups attached to an aromatic ring is 1. The van der Waals surface area contributed by atoms with Crippen molar-refractivity contribution in [2.24, 2.45) is 0 Å². The number of hydrogen-bond donors (Lipinski definition) is 1. The van der Waals surface area contributed by atoms with E-state index < -0.39 is 5.97 Å². The summed E-state index contributed by atoms with van der Waals surface area (Å²) in [5, 5.41) is 0. The Balaban J connectivity index is 2.07. The van der Waals surface area contributed by atoms with Gasteiger partial charge < -0.3 is 15.0 Å². The molecule has 0 radical (unpaired) electrons. The van der Waals surface area contributed by atoms with Crippen LogP contribution in [0.25, 0.3) is 0 Å². The van der Waals surface area contributed by atoms with E-state index in [0.717, 1.165) is 31.5 Å². The van der Waals surface area contributed by atoms with Gasteiger partial charge in [-0.3, -0.25) is 4.90 Å². The van der Waals surface area contributed by atoms with Crippen LogP contribution in [0, 0.1) is 6.92 Å². The molecular formula is C13H22N4O2. The molecule has 0 saturated heterocycles. The third-order valence-electron chi connectivity index (χ3n) is 3.66. The molecule has 0 bridgehead atoms. The number of hydrogen-bond acceptors (Lipinski definition) is 5. The van der Waals surface area contributed by atoms with Crippen molar-refractivity contribution in [1.82, 2.24) is 14.5 Å². The van der Waals surface area contributed by atoms with Crippen LogP contribution >= 0.6 is 0 Å². The summed E-state index contributed by atoms with van der Waals surface area (Å²) < 4.78 is 6.56. The van der Waals surface area contributed by atoms with Crippen LogP contribution in [-0.4, -0.2) is 46.7 Å². The maximum absolute atomic E-state index is 11.5. The summed E-state index contributed by atoms with van der Waals surface area (Å²) in [5.41, 5.74) is 6.20. The molecule has 19 heavy (non-hydrogen) atoms. The number of aromatic nitrogens is 2. The monoisotopic (exact) mass is 266 g/mol. The number of carbonyl (C=O) groups is 1. The van der Waals surface area contributed by atoms with E-state index in [9.17, 15) is 4.79 Å². The van der Waals surface area contributed by atoms with Crippen LogP contribution in [0.15, 0.2) is 0 Å². The van der Waals surface area contributed by atoms with Gasteiger partial charge in [-0.15, -0.1) is 0 Å². The highest BCUT2D eigenvalue weighted by molar-refractivity contribution is 5.92. The molecule has 6 nitrogen and oxygen atoms in total. The van der Waals surface area contributed by atoms with Crippen LogP contribution in [-0.2, 0) is 11.3 Å². The Morgan fingerprint density at radius 2 is 2.26 bits per heavy atom. The van der Waals surface area contributed by atoms with E-state index in [0.29, 0.717) is 5.82 Å². The van der Waals surface area contributed by atoms with Gasteiger partial charge in [-0.05, 0) is 26.3 Å². The normalized spacial score (nSPS) is 14.9. The number of carbonyl (C=O) groups excluding carboxylic acids is 1. The second-order valence-electron chi connectivity index (χ2n) is 4.90. The minimum Gasteiger partial charge on any atom is -0.464 e. The van der Waals surface area contributed by atoms with Crippen molar-refractivity contribution in [3.63, 3.8) is 0 Å². The predicted molar refractivity (Wildman–Crippen MR) is 73.0 cm³/mol. The van der Waals surface area contributed by atoms with Crippen molar-refractivity contribution in [3.8, 4) is 0 Å². The highest BCUT2D eigenvalue weighted by atomic mass is 16.5. The molecule has 106 valence electrons. The molecule has 0 aromatic carbocycles. The number of methoxy groups -OCH3 is 1. The number of aryl methyl sites for hydroxylation is 1. The fourth-order valence-electron chi connectivity index (χ4n) is 2.38. The fraction of sp³-hybridized carbons (Fsp3) is 0.692. The number of rotatable bonds is 6. The second kappa shape index (κ2) is 5.61. The summed E-state index contributed by atoms with van der Waals surface area (Å²) in [5.74, 6) is 0.676. The number of nitrogens with two attached hydrogens (primary N) is 1. The Bertz CT molecular complexity index is 465. The zero-order valence-corrected chi connectivity index (χ0v) is 11.8. The molecule has 0 spiro atoms. The highest BCUT2D eigenvalue weighted by Gasteiger charge is 2.28. The van der Waals surface area contributed by atoms with Gasteiger partial charge in [0.25, 0.3) is 0 Å². The summed E-state index contributed by atoms with van der Waals surface area (Å²) in [6, 6.07) is 0.732. The van der Waals surface area contributed by atoms with Crippen molar-refractivity contribution in [3.05, 3.63) is 11.5 Å². The zero-order valence-electron chi connectivity index (χ0n) is 11.8. The van der Waals surface area contributed by atoms with E-state index in [2.05, 4.69) is 21.5 Å². The molecule has 6 heteroatoms. The predicted octanol–water partition coefficient (Wildman–Crippen LogP) is 1.04. The van der Waals surface area contributed by atoms with Gasteiger partial charge in [0.2, 0.25) is 0 Å². The Labute approximate surface area is 113 Å². The van der Waals surface area contributed by atoms with Gasteiger partial charge in [0, 0.05) is 19.1 Å². The molecule has 1 aliphatic rings. The molecule has 2 N–H and O–H groups in total. The Morgan fingerprint density at radius 3 is 2.79 bits per heavy atom. The Kier molecular flexibility index (Phi) is 4.09. The summed E-state index contributed by atoms with van der Waals surface area (Å²) in [4.78, 5) is 18.2. The van der Waals surface area contributed by atoms with Gasteiger partial charge >= 0.3 is 5.97 Å². The van der Waals surface area contributed by atoms with Crippen molar-refractivity contribution >= 4 is 11.8 Å². The third-order valence-corrected chi connectivity index (χ3v) is 3.66. The fourth-order valence-corrected chi connectivity index (χ4v) is 2.38. The number of likely N-dealkylation sites (N-methyl/N-ethyl adjacent to an activating group) is 1. The van der Waals surface area contributed by atoms with Gasteiger partial charge in [-0.2, -0.15) is 0 Å². The van der Waals surface area contributed by atoms with E-state index in [1.165, 1.54) is 20.0 Å². The highest BCUT2D eigenvalue weighted by Crippen LogP contribution is 2.26. The molecule has 1 heterocycles. The average Bonchev–Trinajstić information content (AvgIpc) is 3.19. The molecule has 1 aromatic rings. The van der Waals surface area contributed by atoms with Crippen LogP contribution in [0.1, 0.15) is 36.1 Å². The van der Waals surface area contributed by atoms with Gasteiger partial charge in [0.1, 0.15) is 11.6 Å². The Hall–Kier alpha value is -1.56. The summed E-state index contributed by atoms with van der Waals surface area (Å²) in [6.45, 7) is 6.76. The molecule has 1 saturated carbocycles. The van der Waals surface area contributed by atoms with Crippen LogP contribution in [0.4, 0.5) is 5.82 Å². The average molecular weight is 266 g/mol. The van der Waals surface area contributed by atoms with Gasteiger partial charge in [0.05, 0.1) is 7.11 Å². The lowest BCUT2D eigenvalue weighted by atomic mass is 10.4. The number of anilines is 1. The molecular weight excluding hydrogens is 244 g/mol. The lowest BCUT2D eigenvalue weighted by molar-refractivity contribution is 0.0595. The molecule has 0 amide bonds. The third kappa shape index (κ3) is 2.89. The number of esters is 1. The van der Waals surface area contributed by atoms with E-state index in [1.54, 1.807) is 0 Å². The topological polar surface area (TPSA) is 73.4 Å². The lowest BCUT2D eigenvalue weighted by Crippen LogP contribution is -2.30. The van der Waals surface area contributed by atoms with E-state index in [1.807, 2.05) is 11.5 Å². The molecule has 1 fully saturated rings. The maximum Gasteiger partial charge on any atom is 0.360 e. The summed E-state index contributed by atoms with van der Waals surface area (Å²) in [7, 11) is 1.34. The quantitative estimate of drug-likeness (QED) is 0.779. The molecule has 0 unspecified atom stereocenters. The minimum absolute atomic E-state index is 0.217. The first kappa shape index (κ1) is 13.9. The van der Waals surface area contributed by atoms with E-state index >= 15 is 0 Å². The molecule has 0 atom stereocenters. The van der Waals surface area contributed by atoms with E-state index in [-0.39, 0.29) is 5.69 Å². The summed E-state index contributed by atoms with van der Waals surface area (Å²) in [6.07, 6.45) is 2.58. The van der Waals surface area contributed by atoms with Crippen molar-refractivity contribution < 1.29 is 9.53 Å². The van der Waals surface area contributed by atoms with Crippen LogP contribution in [0.5, 0.6) is 0 Å².